The first-order valence-corrected chi connectivity index (χ1v) is 13.1. The van der Waals surface area contributed by atoms with Crippen molar-refractivity contribution in [3.05, 3.63) is 76.8 Å². The second-order valence-electron chi connectivity index (χ2n) is 6.77. The third kappa shape index (κ3) is 10.7. The fourth-order valence-corrected chi connectivity index (χ4v) is 3.84. The van der Waals surface area contributed by atoms with E-state index in [0.717, 1.165) is 30.3 Å². The molecule has 1 amide bonds. The molecule has 0 unspecified atom stereocenters. The molecule has 3 aromatic carbocycles. The van der Waals surface area contributed by atoms with E-state index in [-0.39, 0.29) is 124 Å². The molecule has 0 saturated carbocycles. The monoisotopic (exact) mass is 649 g/mol. The van der Waals surface area contributed by atoms with Gasteiger partial charge < -0.3 is 5.32 Å². The Labute approximate surface area is 313 Å². The van der Waals surface area contributed by atoms with Gasteiger partial charge in [-0.1, -0.05) is 41.4 Å². The zero-order valence-electron chi connectivity index (χ0n) is 19.7. The molecule has 0 heterocycles. The number of hydrazone groups is 1. The predicted octanol–water partition coefficient (Wildman–Crippen LogP) is 3.87. The first-order chi connectivity index (χ1) is 16.8. The standard InChI is InChI=1S/C20H15Cl2N5O7S2.2K/c21-15-8-6-13(35(29,30)31)10-17(15)24-26-19(20(28)23-12-4-2-1-3-5-12)27-25-18-11-14(36(32,33)34)7-9-16(18)22;;/h1-11,24H,(H,23,28)(H,29,30,31)(H,32,33,34);;. The van der Waals surface area contributed by atoms with E-state index >= 15 is 0 Å². The molecule has 0 aromatic heterocycles. The first-order valence-electron chi connectivity index (χ1n) is 9.50. The number of amidine groups is 1. The summed E-state index contributed by atoms with van der Waals surface area (Å²) in [6, 6.07) is 14.5. The maximum atomic E-state index is 12.8. The minimum absolute atomic E-state index is 0. The van der Waals surface area contributed by atoms with E-state index in [0.29, 0.717) is 5.69 Å². The molecule has 0 aliphatic carbocycles. The molecular formula is C20H15Cl2K2N5O7S2. The topological polar surface area (TPSA) is 187 Å². The second kappa shape index (κ2) is 15.8. The van der Waals surface area contributed by atoms with Crippen LogP contribution in [0.25, 0.3) is 0 Å². The van der Waals surface area contributed by atoms with Gasteiger partial charge in [0.1, 0.15) is 5.69 Å². The van der Waals surface area contributed by atoms with Gasteiger partial charge in [0.25, 0.3) is 32.0 Å². The van der Waals surface area contributed by atoms with Crippen LogP contribution >= 0.6 is 23.2 Å². The number of nitrogens with zero attached hydrogens (tertiary/aromatic N) is 3. The van der Waals surface area contributed by atoms with Crippen LogP contribution < -0.4 is 10.7 Å². The fourth-order valence-electron chi connectivity index (χ4n) is 2.52. The molecule has 190 valence electrons. The zero-order valence-corrected chi connectivity index (χ0v) is 29.1. The molecule has 0 aliphatic heterocycles. The number of anilines is 2. The predicted molar refractivity (Wildman–Crippen MR) is 145 cm³/mol. The maximum absolute atomic E-state index is 12.8. The summed E-state index contributed by atoms with van der Waals surface area (Å²) in [7, 11) is -9.13. The van der Waals surface area contributed by atoms with Crippen molar-refractivity contribution in [2.24, 2.45) is 15.3 Å². The van der Waals surface area contributed by atoms with Gasteiger partial charge in [-0.05, 0) is 48.5 Å². The van der Waals surface area contributed by atoms with Gasteiger partial charge in [0.15, 0.2) is 0 Å². The SMILES string of the molecule is O=C(Nc1ccccc1)C(N=Nc1cc(S(=O)(=O)O)ccc1Cl)=NNc1cc(S(=O)(=O)O)ccc1Cl.[K].[K]. The molecule has 2 radical (unpaired) electrons. The molecule has 0 fully saturated rings. The van der Waals surface area contributed by atoms with Crippen molar-refractivity contribution < 1.29 is 30.7 Å². The molecule has 3 rings (SSSR count). The van der Waals surface area contributed by atoms with Crippen molar-refractivity contribution in [3.63, 3.8) is 0 Å². The summed E-state index contributed by atoms with van der Waals surface area (Å²) in [5.41, 5.74) is 2.45. The summed E-state index contributed by atoms with van der Waals surface area (Å²) >= 11 is 12.0. The van der Waals surface area contributed by atoms with E-state index in [1.807, 2.05) is 0 Å². The number of rotatable bonds is 6. The number of nitrogens with one attached hydrogen (secondary N) is 2. The molecular weight excluding hydrogens is 635 g/mol. The van der Waals surface area contributed by atoms with Gasteiger partial charge in [0.2, 0.25) is 0 Å². The van der Waals surface area contributed by atoms with E-state index in [1.165, 1.54) is 6.07 Å². The van der Waals surface area contributed by atoms with Crippen LogP contribution in [0.5, 0.6) is 0 Å². The quantitative estimate of drug-likeness (QED) is 0.0773. The van der Waals surface area contributed by atoms with Crippen LogP contribution in [-0.4, -0.2) is 140 Å². The van der Waals surface area contributed by atoms with Crippen molar-refractivity contribution in [1.29, 1.82) is 0 Å². The van der Waals surface area contributed by atoms with Crippen LogP contribution in [-0.2, 0) is 25.0 Å². The Balaban J connectivity index is 0.00000361. The van der Waals surface area contributed by atoms with Gasteiger partial charge in [-0.15, -0.1) is 15.3 Å². The maximum Gasteiger partial charge on any atom is 0.297 e. The zero-order chi connectivity index (χ0) is 26.5. The van der Waals surface area contributed by atoms with Gasteiger partial charge in [-0.3, -0.25) is 19.3 Å². The van der Waals surface area contributed by atoms with Crippen molar-refractivity contribution in [2.45, 2.75) is 9.79 Å². The van der Waals surface area contributed by atoms with Crippen molar-refractivity contribution >= 4 is 175 Å². The van der Waals surface area contributed by atoms with Crippen LogP contribution in [0, 0.1) is 0 Å². The number of para-hydroxylation sites is 1. The summed E-state index contributed by atoms with van der Waals surface area (Å²) in [5.74, 6) is -1.48. The Bertz CT molecular complexity index is 1590. The van der Waals surface area contributed by atoms with Crippen LogP contribution in [0.1, 0.15) is 0 Å². The van der Waals surface area contributed by atoms with E-state index in [4.69, 9.17) is 23.2 Å². The van der Waals surface area contributed by atoms with Gasteiger partial charge in [0, 0.05) is 108 Å². The summed E-state index contributed by atoms with van der Waals surface area (Å²) in [5, 5.41) is 13.7. The number of hydrogen-bond acceptors (Lipinski definition) is 8. The molecule has 0 saturated heterocycles. The Hall–Kier alpha value is -0.127. The summed E-state index contributed by atoms with van der Waals surface area (Å²) in [6.45, 7) is 0. The largest absolute Gasteiger partial charge is 0.319 e. The molecule has 3 aromatic rings. The van der Waals surface area contributed by atoms with Crippen molar-refractivity contribution in [3.8, 4) is 0 Å². The second-order valence-corrected chi connectivity index (χ2v) is 10.4. The third-order valence-corrected chi connectivity index (χ3v) is 6.57. The van der Waals surface area contributed by atoms with E-state index < -0.39 is 41.8 Å². The number of amides is 1. The summed E-state index contributed by atoms with van der Waals surface area (Å²) in [6.07, 6.45) is 0. The van der Waals surface area contributed by atoms with Gasteiger partial charge in [0.05, 0.1) is 25.5 Å². The number of carbonyl (C=O) groups excluding carboxylic acids is 1. The molecule has 12 nitrogen and oxygen atoms in total. The average Bonchev–Trinajstić information content (AvgIpc) is 2.80. The minimum Gasteiger partial charge on any atom is -0.319 e. The first kappa shape index (κ1) is 35.9. The van der Waals surface area contributed by atoms with Crippen LogP contribution in [0.15, 0.2) is 91.9 Å². The van der Waals surface area contributed by atoms with Crippen LogP contribution in [0.4, 0.5) is 17.1 Å². The number of hydrogen-bond donors (Lipinski definition) is 4. The molecule has 0 atom stereocenters. The minimum atomic E-state index is -4.57. The van der Waals surface area contributed by atoms with E-state index in [2.05, 4.69) is 26.1 Å². The Morgan fingerprint density at radius 3 is 1.92 bits per heavy atom. The molecule has 38 heavy (non-hydrogen) atoms. The molecule has 4 N–H and O–H groups in total. The summed E-state index contributed by atoms with van der Waals surface area (Å²) < 4.78 is 64.1. The number of benzene rings is 3. The molecule has 0 aliphatic rings. The van der Waals surface area contributed by atoms with Crippen molar-refractivity contribution in [1.82, 2.24) is 0 Å². The Morgan fingerprint density at radius 2 is 1.34 bits per heavy atom. The number of carbonyl (C=O) groups is 1. The van der Waals surface area contributed by atoms with Gasteiger partial charge in [-0.25, -0.2) is 0 Å². The van der Waals surface area contributed by atoms with E-state index in [1.54, 1.807) is 30.3 Å². The summed E-state index contributed by atoms with van der Waals surface area (Å²) in [4.78, 5) is 11.8. The molecule has 0 spiro atoms. The smallest absolute Gasteiger partial charge is 0.297 e. The van der Waals surface area contributed by atoms with Gasteiger partial charge >= 0.3 is 0 Å². The average molecular weight is 651 g/mol. The van der Waals surface area contributed by atoms with E-state index in [9.17, 15) is 30.7 Å². The number of azo groups is 1. The third-order valence-electron chi connectivity index (χ3n) is 4.22. The number of halogens is 2. The van der Waals surface area contributed by atoms with Crippen LogP contribution in [0.3, 0.4) is 0 Å². The van der Waals surface area contributed by atoms with Crippen LogP contribution in [0.2, 0.25) is 10.0 Å². The Morgan fingerprint density at radius 1 is 0.789 bits per heavy atom. The van der Waals surface area contributed by atoms with Gasteiger partial charge in [-0.2, -0.15) is 16.8 Å². The van der Waals surface area contributed by atoms with Crippen molar-refractivity contribution in [2.75, 3.05) is 10.7 Å². The Kier molecular flexibility index (Phi) is 14.9. The molecule has 18 heteroatoms. The fraction of sp³-hybridized carbons (Fsp3) is 0. The molecule has 0 bridgehead atoms. The normalized spacial score (nSPS) is 11.8.